The smallest absolute Gasteiger partial charge is 0.259 e. The van der Waals surface area contributed by atoms with E-state index in [9.17, 15) is 4.79 Å². The third-order valence-electron chi connectivity index (χ3n) is 4.26. The molecule has 1 aromatic heterocycles. The fourth-order valence-corrected chi connectivity index (χ4v) is 2.90. The first-order valence-corrected chi connectivity index (χ1v) is 8.53. The van der Waals surface area contributed by atoms with Gasteiger partial charge in [-0.3, -0.25) is 4.79 Å². The summed E-state index contributed by atoms with van der Waals surface area (Å²) >= 11 is 0. The number of benzene rings is 2. The number of anilines is 1. The Bertz CT molecular complexity index is 935. The lowest BCUT2D eigenvalue weighted by Gasteiger charge is -2.10. The lowest BCUT2D eigenvalue weighted by Crippen LogP contribution is -2.13. The standard InChI is InChI=1S/C20H19N3O3/c1-14-17(13-21-23(14)16-6-3-2-4-7-16)20(24)22-15-8-9-18-19(12-15)26-11-5-10-25-18/h2-4,6-9,12-13H,5,10-11H2,1H3,(H,22,24). The molecule has 1 N–H and O–H groups in total. The fraction of sp³-hybridized carbons (Fsp3) is 0.200. The predicted octanol–water partition coefficient (Wildman–Crippen LogP) is 3.59. The van der Waals surface area contributed by atoms with Crippen molar-refractivity contribution in [1.29, 1.82) is 0 Å². The average Bonchev–Trinajstić information content (AvgIpc) is 2.89. The first-order chi connectivity index (χ1) is 12.7. The molecule has 132 valence electrons. The summed E-state index contributed by atoms with van der Waals surface area (Å²) in [5.41, 5.74) is 2.88. The van der Waals surface area contributed by atoms with E-state index in [0.29, 0.717) is 36.0 Å². The third kappa shape index (κ3) is 3.13. The molecule has 1 amide bonds. The number of rotatable bonds is 3. The van der Waals surface area contributed by atoms with E-state index < -0.39 is 0 Å². The summed E-state index contributed by atoms with van der Waals surface area (Å²) < 4.78 is 13.0. The monoisotopic (exact) mass is 349 g/mol. The maximum Gasteiger partial charge on any atom is 0.259 e. The summed E-state index contributed by atoms with van der Waals surface area (Å²) in [7, 11) is 0. The number of fused-ring (bicyclic) bond motifs is 1. The molecule has 6 heteroatoms. The van der Waals surface area contributed by atoms with Crippen molar-refractivity contribution in [3.8, 4) is 17.2 Å². The van der Waals surface area contributed by atoms with E-state index in [4.69, 9.17) is 9.47 Å². The van der Waals surface area contributed by atoms with Gasteiger partial charge in [-0.1, -0.05) is 18.2 Å². The molecule has 0 spiro atoms. The number of hydrogen-bond donors (Lipinski definition) is 1. The summed E-state index contributed by atoms with van der Waals surface area (Å²) in [6.45, 7) is 3.12. The van der Waals surface area contributed by atoms with E-state index in [-0.39, 0.29) is 5.91 Å². The molecule has 0 bridgehead atoms. The summed E-state index contributed by atoms with van der Waals surface area (Å²) in [4.78, 5) is 12.7. The van der Waals surface area contributed by atoms with E-state index in [1.54, 1.807) is 16.9 Å². The number of aromatic nitrogens is 2. The number of hydrogen-bond acceptors (Lipinski definition) is 4. The van der Waals surface area contributed by atoms with Crippen LogP contribution < -0.4 is 14.8 Å². The van der Waals surface area contributed by atoms with Gasteiger partial charge in [-0.05, 0) is 31.2 Å². The topological polar surface area (TPSA) is 65.4 Å². The number of nitrogens with one attached hydrogen (secondary N) is 1. The molecule has 4 rings (SSSR count). The van der Waals surface area contributed by atoms with Gasteiger partial charge in [0.15, 0.2) is 11.5 Å². The van der Waals surface area contributed by atoms with Crippen molar-refractivity contribution >= 4 is 11.6 Å². The van der Waals surface area contributed by atoms with E-state index >= 15 is 0 Å². The van der Waals surface area contributed by atoms with Gasteiger partial charge in [0, 0.05) is 18.2 Å². The lowest BCUT2D eigenvalue weighted by molar-refractivity contribution is 0.102. The molecular weight excluding hydrogens is 330 g/mol. The van der Waals surface area contributed by atoms with Gasteiger partial charge in [-0.15, -0.1) is 0 Å². The van der Waals surface area contributed by atoms with Crippen LogP contribution in [0.5, 0.6) is 11.5 Å². The minimum atomic E-state index is -0.209. The molecule has 6 nitrogen and oxygen atoms in total. The van der Waals surface area contributed by atoms with Crippen LogP contribution >= 0.6 is 0 Å². The highest BCUT2D eigenvalue weighted by molar-refractivity contribution is 6.05. The van der Waals surface area contributed by atoms with Gasteiger partial charge in [0.05, 0.1) is 36.4 Å². The number of para-hydroxylation sites is 1. The maximum atomic E-state index is 12.7. The molecule has 0 saturated carbocycles. The minimum Gasteiger partial charge on any atom is -0.490 e. The molecule has 1 aliphatic heterocycles. The van der Waals surface area contributed by atoms with Gasteiger partial charge in [0.25, 0.3) is 5.91 Å². The molecule has 26 heavy (non-hydrogen) atoms. The SMILES string of the molecule is Cc1c(C(=O)Nc2ccc3c(c2)OCCCO3)cnn1-c1ccccc1. The number of carbonyl (C=O) groups excluding carboxylic acids is 1. The van der Waals surface area contributed by atoms with Crippen molar-refractivity contribution in [2.24, 2.45) is 0 Å². The second-order valence-electron chi connectivity index (χ2n) is 6.06. The molecule has 0 fully saturated rings. The number of amides is 1. The Balaban J connectivity index is 1.56. The van der Waals surface area contributed by atoms with Crippen LogP contribution in [0.4, 0.5) is 5.69 Å². The Morgan fingerprint density at radius 2 is 1.85 bits per heavy atom. The van der Waals surface area contributed by atoms with Crippen LogP contribution in [0.25, 0.3) is 5.69 Å². The van der Waals surface area contributed by atoms with E-state index in [1.165, 1.54) is 0 Å². The van der Waals surface area contributed by atoms with E-state index in [2.05, 4.69) is 10.4 Å². The Kier molecular flexibility index (Phi) is 4.31. The molecule has 2 heterocycles. The van der Waals surface area contributed by atoms with Crippen molar-refractivity contribution in [2.75, 3.05) is 18.5 Å². The molecular formula is C20H19N3O3. The normalized spacial score (nSPS) is 13.1. The molecule has 3 aromatic rings. The third-order valence-corrected chi connectivity index (χ3v) is 4.26. The summed E-state index contributed by atoms with van der Waals surface area (Å²) in [5, 5.41) is 7.25. The first kappa shape index (κ1) is 16.2. The zero-order valence-electron chi connectivity index (χ0n) is 14.4. The number of carbonyl (C=O) groups is 1. The lowest BCUT2D eigenvalue weighted by atomic mass is 10.2. The van der Waals surface area contributed by atoms with Crippen LogP contribution in [0.15, 0.2) is 54.7 Å². The molecule has 0 saturated heterocycles. The van der Waals surface area contributed by atoms with Gasteiger partial charge in [0.1, 0.15) is 0 Å². The van der Waals surface area contributed by atoms with Crippen LogP contribution in [0.3, 0.4) is 0 Å². The molecule has 0 aliphatic carbocycles. The van der Waals surface area contributed by atoms with Crippen LogP contribution in [0.2, 0.25) is 0 Å². The van der Waals surface area contributed by atoms with E-state index in [1.807, 2.05) is 49.4 Å². The Labute approximate surface area is 151 Å². The zero-order chi connectivity index (χ0) is 17.9. The van der Waals surface area contributed by atoms with Gasteiger partial charge in [0.2, 0.25) is 0 Å². The maximum absolute atomic E-state index is 12.7. The summed E-state index contributed by atoms with van der Waals surface area (Å²) in [6, 6.07) is 15.1. The Morgan fingerprint density at radius 1 is 1.08 bits per heavy atom. The highest BCUT2D eigenvalue weighted by Gasteiger charge is 2.17. The van der Waals surface area contributed by atoms with Crippen LogP contribution in [-0.2, 0) is 0 Å². The highest BCUT2D eigenvalue weighted by atomic mass is 16.5. The predicted molar refractivity (Wildman–Crippen MR) is 98.3 cm³/mol. The summed E-state index contributed by atoms with van der Waals surface area (Å²) in [6.07, 6.45) is 2.43. The Hall–Kier alpha value is -3.28. The molecule has 0 unspecified atom stereocenters. The number of nitrogens with zero attached hydrogens (tertiary/aromatic N) is 2. The van der Waals surface area contributed by atoms with Crippen molar-refractivity contribution in [2.45, 2.75) is 13.3 Å². The highest BCUT2D eigenvalue weighted by Crippen LogP contribution is 2.32. The average molecular weight is 349 g/mol. The Morgan fingerprint density at radius 3 is 2.65 bits per heavy atom. The van der Waals surface area contributed by atoms with Crippen molar-refractivity contribution in [1.82, 2.24) is 9.78 Å². The van der Waals surface area contributed by atoms with Crippen molar-refractivity contribution < 1.29 is 14.3 Å². The molecule has 2 aromatic carbocycles. The molecule has 0 atom stereocenters. The van der Waals surface area contributed by atoms with Gasteiger partial charge < -0.3 is 14.8 Å². The zero-order valence-corrected chi connectivity index (χ0v) is 14.4. The molecule has 0 radical (unpaired) electrons. The van der Waals surface area contributed by atoms with E-state index in [0.717, 1.165) is 17.8 Å². The minimum absolute atomic E-state index is 0.209. The first-order valence-electron chi connectivity index (χ1n) is 8.53. The molecule has 1 aliphatic rings. The van der Waals surface area contributed by atoms with Crippen molar-refractivity contribution in [3.05, 3.63) is 66.0 Å². The van der Waals surface area contributed by atoms with Crippen molar-refractivity contribution in [3.63, 3.8) is 0 Å². The van der Waals surface area contributed by atoms with Gasteiger partial charge in [-0.25, -0.2) is 4.68 Å². The fourth-order valence-electron chi connectivity index (χ4n) is 2.90. The van der Waals surface area contributed by atoms with Gasteiger partial charge in [-0.2, -0.15) is 5.10 Å². The van der Waals surface area contributed by atoms with Gasteiger partial charge >= 0.3 is 0 Å². The largest absolute Gasteiger partial charge is 0.490 e. The van der Waals surface area contributed by atoms with Crippen LogP contribution in [0.1, 0.15) is 22.5 Å². The summed E-state index contributed by atoms with van der Waals surface area (Å²) in [5.74, 6) is 1.14. The number of ether oxygens (including phenoxy) is 2. The van der Waals surface area contributed by atoms with Crippen LogP contribution in [0, 0.1) is 6.92 Å². The quantitative estimate of drug-likeness (QED) is 0.785. The second kappa shape index (κ2) is 6.92. The van der Waals surface area contributed by atoms with Crippen LogP contribution in [-0.4, -0.2) is 28.9 Å². The second-order valence-corrected chi connectivity index (χ2v) is 6.06.